The minimum Gasteiger partial charge on any atom is -0.497 e. The van der Waals surface area contributed by atoms with Crippen LogP contribution in [0, 0.1) is 0 Å². The Hall–Kier alpha value is -1.79. The first-order valence-corrected chi connectivity index (χ1v) is 7.45. The molecule has 0 aliphatic heterocycles. The average Bonchev–Trinajstić information content (AvgIpc) is 2.51. The van der Waals surface area contributed by atoms with E-state index in [9.17, 15) is 9.59 Å². The van der Waals surface area contributed by atoms with Crippen LogP contribution < -0.4 is 15.4 Å². The van der Waals surface area contributed by atoms with Crippen LogP contribution in [-0.2, 0) is 9.59 Å². The van der Waals surface area contributed by atoms with E-state index in [1.807, 2.05) is 13.8 Å². The van der Waals surface area contributed by atoms with Gasteiger partial charge in [-0.25, -0.2) is 0 Å². The molecule has 1 amide bonds. The lowest BCUT2D eigenvalue weighted by Crippen LogP contribution is -2.48. The minimum atomic E-state index is -0.933. The number of nitrogens with one attached hydrogen (secondary N) is 2. The highest BCUT2D eigenvalue weighted by Crippen LogP contribution is 2.15. The lowest BCUT2D eigenvalue weighted by Gasteiger charge is -2.21. The van der Waals surface area contributed by atoms with Gasteiger partial charge in [-0.15, -0.1) is 12.4 Å². The molecule has 2 unspecified atom stereocenters. The predicted molar refractivity (Wildman–Crippen MR) is 92.4 cm³/mol. The predicted octanol–water partition coefficient (Wildman–Crippen LogP) is 2.68. The lowest BCUT2D eigenvalue weighted by molar-refractivity contribution is -0.140. The number of halogens is 1. The molecular formula is C16H25ClN2O4. The molecule has 0 fully saturated rings. The van der Waals surface area contributed by atoms with Crippen molar-refractivity contribution in [2.24, 2.45) is 0 Å². The van der Waals surface area contributed by atoms with E-state index < -0.39 is 18.1 Å². The van der Waals surface area contributed by atoms with Crippen molar-refractivity contribution < 1.29 is 19.4 Å². The Balaban J connectivity index is 0.00000484. The van der Waals surface area contributed by atoms with Gasteiger partial charge >= 0.3 is 5.97 Å². The summed E-state index contributed by atoms with van der Waals surface area (Å²) in [4.78, 5) is 23.4. The number of benzene rings is 1. The number of carboxylic acids is 1. The van der Waals surface area contributed by atoms with E-state index >= 15 is 0 Å². The van der Waals surface area contributed by atoms with Gasteiger partial charge in [0.1, 0.15) is 11.8 Å². The Morgan fingerprint density at radius 1 is 1.17 bits per heavy atom. The summed E-state index contributed by atoms with van der Waals surface area (Å²) in [5.74, 6) is -0.468. The summed E-state index contributed by atoms with van der Waals surface area (Å²) >= 11 is 0. The maximum absolute atomic E-state index is 12.3. The average molecular weight is 345 g/mol. The van der Waals surface area contributed by atoms with Gasteiger partial charge in [-0.3, -0.25) is 14.9 Å². The highest BCUT2D eigenvalue weighted by Gasteiger charge is 2.24. The van der Waals surface area contributed by atoms with E-state index in [0.29, 0.717) is 24.3 Å². The van der Waals surface area contributed by atoms with E-state index in [2.05, 4.69) is 10.6 Å². The summed E-state index contributed by atoms with van der Waals surface area (Å²) in [5.41, 5.74) is 0.647. The molecule has 130 valence electrons. The maximum Gasteiger partial charge on any atom is 0.320 e. The monoisotopic (exact) mass is 344 g/mol. The van der Waals surface area contributed by atoms with Crippen molar-refractivity contribution >= 4 is 30.0 Å². The fourth-order valence-corrected chi connectivity index (χ4v) is 2.09. The minimum absolute atomic E-state index is 0. The summed E-state index contributed by atoms with van der Waals surface area (Å²) in [7, 11) is 1.57. The van der Waals surface area contributed by atoms with Gasteiger partial charge in [0.15, 0.2) is 0 Å². The van der Waals surface area contributed by atoms with Crippen LogP contribution in [0.3, 0.4) is 0 Å². The van der Waals surface area contributed by atoms with E-state index in [4.69, 9.17) is 9.84 Å². The van der Waals surface area contributed by atoms with Crippen LogP contribution in [0.15, 0.2) is 24.3 Å². The van der Waals surface area contributed by atoms with Crippen molar-refractivity contribution in [3.8, 4) is 5.75 Å². The molecule has 7 heteroatoms. The number of aliphatic carboxylic acids is 1. The molecular weight excluding hydrogens is 320 g/mol. The Kier molecular flexibility index (Phi) is 10.0. The molecule has 0 saturated carbocycles. The second-order valence-corrected chi connectivity index (χ2v) is 5.02. The van der Waals surface area contributed by atoms with Crippen LogP contribution in [0.2, 0.25) is 0 Å². The van der Waals surface area contributed by atoms with Gasteiger partial charge in [0, 0.05) is 5.69 Å². The number of methoxy groups -OCH3 is 1. The SMILES string of the molecule is CCCC(NC(CC)C(=O)Nc1ccc(OC)cc1)C(=O)O.Cl. The van der Waals surface area contributed by atoms with Gasteiger partial charge in [-0.2, -0.15) is 0 Å². The van der Waals surface area contributed by atoms with Crippen LogP contribution in [0.1, 0.15) is 33.1 Å². The van der Waals surface area contributed by atoms with E-state index in [0.717, 1.165) is 6.42 Å². The zero-order valence-corrected chi connectivity index (χ0v) is 14.5. The summed E-state index contributed by atoms with van der Waals surface area (Å²) in [5, 5.41) is 14.9. The Morgan fingerprint density at radius 2 is 1.78 bits per heavy atom. The number of hydrogen-bond donors (Lipinski definition) is 3. The number of ether oxygens (including phenoxy) is 1. The maximum atomic E-state index is 12.3. The summed E-state index contributed by atoms with van der Waals surface area (Å²) < 4.78 is 5.06. The Bertz CT molecular complexity index is 493. The highest BCUT2D eigenvalue weighted by atomic mass is 35.5. The Labute approximate surface area is 143 Å². The first kappa shape index (κ1) is 21.2. The van der Waals surface area contributed by atoms with Crippen LogP contribution in [0.5, 0.6) is 5.75 Å². The molecule has 0 saturated heterocycles. The first-order valence-electron chi connectivity index (χ1n) is 7.45. The molecule has 0 heterocycles. The van der Waals surface area contributed by atoms with Crippen molar-refractivity contribution in [3.05, 3.63) is 24.3 Å². The van der Waals surface area contributed by atoms with Gasteiger partial charge < -0.3 is 15.2 Å². The fraction of sp³-hybridized carbons (Fsp3) is 0.500. The number of hydrogen-bond acceptors (Lipinski definition) is 4. The second-order valence-electron chi connectivity index (χ2n) is 5.02. The van der Waals surface area contributed by atoms with Crippen LogP contribution in [0.4, 0.5) is 5.69 Å². The standard InChI is InChI=1S/C16H24N2O4.ClH/c1-4-6-14(16(20)21)18-13(5-2)15(19)17-11-7-9-12(22-3)10-8-11;/h7-10,13-14,18H,4-6H2,1-3H3,(H,17,19)(H,20,21);1H. The third-order valence-electron chi connectivity index (χ3n) is 3.36. The Morgan fingerprint density at radius 3 is 2.22 bits per heavy atom. The molecule has 0 aliphatic rings. The highest BCUT2D eigenvalue weighted by molar-refractivity contribution is 5.95. The number of carbonyl (C=O) groups is 2. The van der Waals surface area contributed by atoms with Crippen molar-refractivity contribution in [3.63, 3.8) is 0 Å². The summed E-state index contributed by atoms with van der Waals surface area (Å²) in [6.07, 6.45) is 1.73. The molecule has 1 aromatic rings. The van der Waals surface area contributed by atoms with Crippen molar-refractivity contribution in [1.82, 2.24) is 5.32 Å². The zero-order chi connectivity index (χ0) is 16.5. The van der Waals surface area contributed by atoms with Crippen molar-refractivity contribution in [2.45, 2.75) is 45.2 Å². The quantitative estimate of drug-likeness (QED) is 0.641. The third kappa shape index (κ3) is 6.88. The molecule has 23 heavy (non-hydrogen) atoms. The van der Waals surface area contributed by atoms with E-state index in [-0.39, 0.29) is 18.3 Å². The molecule has 1 rings (SSSR count). The van der Waals surface area contributed by atoms with Crippen LogP contribution >= 0.6 is 12.4 Å². The van der Waals surface area contributed by atoms with Gasteiger partial charge in [0.05, 0.1) is 13.2 Å². The van der Waals surface area contributed by atoms with Crippen LogP contribution in [0.25, 0.3) is 0 Å². The number of amides is 1. The molecule has 0 spiro atoms. The molecule has 6 nitrogen and oxygen atoms in total. The molecule has 3 N–H and O–H groups in total. The number of rotatable bonds is 9. The van der Waals surface area contributed by atoms with Crippen molar-refractivity contribution in [2.75, 3.05) is 12.4 Å². The lowest BCUT2D eigenvalue weighted by atomic mass is 10.1. The first-order chi connectivity index (χ1) is 10.5. The molecule has 1 aromatic carbocycles. The van der Waals surface area contributed by atoms with Gasteiger partial charge in [0.2, 0.25) is 5.91 Å². The molecule has 2 atom stereocenters. The van der Waals surface area contributed by atoms with Gasteiger partial charge in [-0.05, 0) is 37.1 Å². The zero-order valence-electron chi connectivity index (χ0n) is 13.7. The normalized spacial score (nSPS) is 12.7. The number of carboxylic acid groups (broad SMARTS) is 1. The fourth-order valence-electron chi connectivity index (χ4n) is 2.09. The molecule has 0 bridgehead atoms. The largest absolute Gasteiger partial charge is 0.497 e. The number of carbonyl (C=O) groups excluding carboxylic acids is 1. The topological polar surface area (TPSA) is 87.7 Å². The van der Waals surface area contributed by atoms with Gasteiger partial charge in [0.25, 0.3) is 0 Å². The third-order valence-corrected chi connectivity index (χ3v) is 3.36. The van der Waals surface area contributed by atoms with Gasteiger partial charge in [-0.1, -0.05) is 20.3 Å². The number of anilines is 1. The molecule has 0 radical (unpaired) electrons. The van der Waals surface area contributed by atoms with Crippen molar-refractivity contribution in [1.29, 1.82) is 0 Å². The summed E-state index contributed by atoms with van der Waals surface area (Å²) in [6, 6.07) is 5.72. The van der Waals surface area contributed by atoms with E-state index in [1.165, 1.54) is 0 Å². The van der Waals surface area contributed by atoms with Crippen LogP contribution in [-0.4, -0.2) is 36.2 Å². The second kappa shape index (κ2) is 10.9. The molecule has 0 aromatic heterocycles. The van der Waals surface area contributed by atoms with E-state index in [1.54, 1.807) is 31.4 Å². The molecule has 0 aliphatic carbocycles. The smallest absolute Gasteiger partial charge is 0.320 e. The summed E-state index contributed by atoms with van der Waals surface area (Å²) in [6.45, 7) is 3.76.